The van der Waals surface area contributed by atoms with Crippen molar-refractivity contribution < 1.29 is 4.39 Å². The molecule has 0 amide bonds. The van der Waals surface area contributed by atoms with Crippen LogP contribution in [0.5, 0.6) is 0 Å². The van der Waals surface area contributed by atoms with E-state index in [0.717, 1.165) is 41.3 Å². The number of aryl methyl sites for hydroxylation is 2. The summed E-state index contributed by atoms with van der Waals surface area (Å²) < 4.78 is 15.0. The van der Waals surface area contributed by atoms with Crippen molar-refractivity contribution in [3.05, 3.63) is 108 Å². The maximum absolute atomic E-state index is 15.0. The van der Waals surface area contributed by atoms with E-state index in [4.69, 9.17) is 0 Å². The third-order valence-corrected chi connectivity index (χ3v) is 5.52. The van der Waals surface area contributed by atoms with Gasteiger partial charge in [-0.05, 0) is 70.0 Å². The number of hydrogen-bond acceptors (Lipinski definition) is 0. The molecule has 0 aromatic heterocycles. The Kier molecular flexibility index (Phi) is 5.57. The third-order valence-electron chi connectivity index (χ3n) is 5.52. The Morgan fingerprint density at radius 3 is 2.10 bits per heavy atom. The van der Waals surface area contributed by atoms with Crippen molar-refractivity contribution >= 4 is 10.8 Å². The van der Waals surface area contributed by atoms with Gasteiger partial charge in [-0.2, -0.15) is 0 Å². The molecule has 29 heavy (non-hydrogen) atoms. The molecule has 4 aromatic carbocycles. The largest absolute Gasteiger partial charge is 0.206 e. The summed E-state index contributed by atoms with van der Waals surface area (Å²) in [6.45, 7) is 5.92. The van der Waals surface area contributed by atoms with Gasteiger partial charge in [-0.25, -0.2) is 4.39 Å². The molecule has 0 nitrogen and oxygen atoms in total. The van der Waals surface area contributed by atoms with Gasteiger partial charge in [-0.1, -0.05) is 79.7 Å². The fraction of sp³-hybridized carbons (Fsp3) is 0.143. The first-order valence-corrected chi connectivity index (χ1v) is 10.2. The van der Waals surface area contributed by atoms with Gasteiger partial charge in [-0.15, -0.1) is 6.58 Å². The molecule has 0 radical (unpaired) electrons. The number of hydrogen-bond donors (Lipinski definition) is 0. The molecule has 0 atom stereocenters. The highest BCUT2D eigenvalue weighted by molar-refractivity contribution is 5.88. The van der Waals surface area contributed by atoms with Crippen LogP contribution < -0.4 is 0 Å². The van der Waals surface area contributed by atoms with Crippen molar-refractivity contribution in [2.45, 2.75) is 26.2 Å². The summed E-state index contributed by atoms with van der Waals surface area (Å²) in [5.74, 6) is -0.191. The maximum atomic E-state index is 15.0. The molecule has 0 N–H and O–H groups in total. The molecule has 144 valence electrons. The Morgan fingerprint density at radius 2 is 1.38 bits per heavy atom. The summed E-state index contributed by atoms with van der Waals surface area (Å²) in [6, 6.07) is 26.5. The quantitative estimate of drug-likeness (QED) is 0.297. The molecular formula is C28H25F. The van der Waals surface area contributed by atoms with Crippen molar-refractivity contribution in [3.8, 4) is 22.3 Å². The summed E-state index contributed by atoms with van der Waals surface area (Å²) in [5.41, 5.74) is 6.07. The summed E-state index contributed by atoms with van der Waals surface area (Å²) in [5, 5.41) is 2.31. The number of halogens is 1. The van der Waals surface area contributed by atoms with E-state index in [1.807, 2.05) is 24.3 Å². The molecule has 4 rings (SSSR count). The number of benzene rings is 4. The van der Waals surface area contributed by atoms with Gasteiger partial charge in [0, 0.05) is 5.56 Å². The van der Waals surface area contributed by atoms with Gasteiger partial charge in [-0.3, -0.25) is 0 Å². The fourth-order valence-electron chi connectivity index (χ4n) is 3.75. The Balaban J connectivity index is 1.65. The van der Waals surface area contributed by atoms with Gasteiger partial charge in [0.05, 0.1) is 0 Å². The van der Waals surface area contributed by atoms with E-state index in [9.17, 15) is 4.39 Å². The smallest absolute Gasteiger partial charge is 0.131 e. The van der Waals surface area contributed by atoms with Crippen LogP contribution in [0.25, 0.3) is 33.0 Å². The average molecular weight is 381 g/mol. The lowest BCUT2D eigenvalue weighted by Crippen LogP contribution is -1.88. The first-order chi connectivity index (χ1) is 14.2. The minimum atomic E-state index is -0.191. The van der Waals surface area contributed by atoms with E-state index < -0.39 is 0 Å². The molecule has 1 heteroatoms. The van der Waals surface area contributed by atoms with E-state index in [1.54, 1.807) is 6.07 Å². The molecule has 0 aliphatic carbocycles. The Labute approximate surface area is 172 Å². The third kappa shape index (κ3) is 4.14. The van der Waals surface area contributed by atoms with Crippen LogP contribution in [0, 0.1) is 5.82 Å². The lowest BCUT2D eigenvalue weighted by atomic mass is 9.96. The fourth-order valence-corrected chi connectivity index (χ4v) is 3.75. The molecule has 0 saturated heterocycles. The second kappa shape index (κ2) is 8.45. The van der Waals surface area contributed by atoms with Crippen LogP contribution in [0.2, 0.25) is 0 Å². The molecule has 0 aliphatic rings. The van der Waals surface area contributed by atoms with Crippen LogP contribution in [0.4, 0.5) is 4.39 Å². The van der Waals surface area contributed by atoms with E-state index in [-0.39, 0.29) is 5.82 Å². The van der Waals surface area contributed by atoms with Crippen LogP contribution in [-0.2, 0) is 12.8 Å². The standard InChI is InChI=1S/C28H25F/c1-3-5-6-21-9-12-24-18-26(14-13-23(24)17-21)27-16-15-25(19-28(27)29)22-10-7-20(4-2)8-11-22/h3,7-19H,1,4-6H2,2H3. The maximum Gasteiger partial charge on any atom is 0.131 e. The summed E-state index contributed by atoms with van der Waals surface area (Å²) in [4.78, 5) is 0. The molecule has 0 spiro atoms. The predicted octanol–water partition coefficient (Wildman–Crippen LogP) is 7.99. The summed E-state index contributed by atoms with van der Waals surface area (Å²) in [7, 11) is 0. The minimum Gasteiger partial charge on any atom is -0.206 e. The number of fused-ring (bicyclic) bond motifs is 1. The van der Waals surface area contributed by atoms with Crippen molar-refractivity contribution in [2.24, 2.45) is 0 Å². The van der Waals surface area contributed by atoms with Gasteiger partial charge < -0.3 is 0 Å². The first-order valence-electron chi connectivity index (χ1n) is 10.2. The zero-order chi connectivity index (χ0) is 20.2. The second-order valence-electron chi connectivity index (χ2n) is 7.47. The van der Waals surface area contributed by atoms with Crippen molar-refractivity contribution in [3.63, 3.8) is 0 Å². The normalized spacial score (nSPS) is 11.0. The molecule has 0 bridgehead atoms. The second-order valence-corrected chi connectivity index (χ2v) is 7.47. The SMILES string of the molecule is C=CCCc1ccc2cc(-c3ccc(-c4ccc(CC)cc4)cc3F)ccc2c1. The molecule has 4 aromatic rings. The highest BCUT2D eigenvalue weighted by Crippen LogP contribution is 2.30. The number of rotatable bonds is 6. The Hall–Kier alpha value is -3.19. The first kappa shape index (κ1) is 19.1. The highest BCUT2D eigenvalue weighted by atomic mass is 19.1. The van der Waals surface area contributed by atoms with E-state index in [2.05, 4.69) is 68.1 Å². The molecule has 0 heterocycles. The highest BCUT2D eigenvalue weighted by Gasteiger charge is 2.09. The minimum absolute atomic E-state index is 0.191. The van der Waals surface area contributed by atoms with Crippen molar-refractivity contribution in [2.75, 3.05) is 0 Å². The zero-order valence-corrected chi connectivity index (χ0v) is 16.8. The van der Waals surface area contributed by atoms with Crippen LogP contribution in [0.15, 0.2) is 91.5 Å². The van der Waals surface area contributed by atoms with Gasteiger partial charge in [0.25, 0.3) is 0 Å². The molecule has 0 fully saturated rings. The van der Waals surface area contributed by atoms with Crippen LogP contribution in [-0.4, -0.2) is 0 Å². The Bertz CT molecular complexity index is 1150. The lowest BCUT2D eigenvalue weighted by molar-refractivity contribution is 0.632. The van der Waals surface area contributed by atoms with Gasteiger partial charge in [0.15, 0.2) is 0 Å². The monoisotopic (exact) mass is 380 g/mol. The van der Waals surface area contributed by atoms with Crippen molar-refractivity contribution in [1.29, 1.82) is 0 Å². The molecule has 0 saturated carbocycles. The Morgan fingerprint density at radius 1 is 0.724 bits per heavy atom. The van der Waals surface area contributed by atoms with Crippen LogP contribution in [0.3, 0.4) is 0 Å². The average Bonchev–Trinajstić information content (AvgIpc) is 2.77. The molecule has 0 unspecified atom stereocenters. The van der Waals surface area contributed by atoms with Gasteiger partial charge >= 0.3 is 0 Å². The van der Waals surface area contributed by atoms with Gasteiger partial charge in [0.1, 0.15) is 5.82 Å². The molecule has 0 aliphatic heterocycles. The zero-order valence-electron chi connectivity index (χ0n) is 16.8. The van der Waals surface area contributed by atoms with E-state index >= 15 is 0 Å². The van der Waals surface area contributed by atoms with Crippen LogP contribution in [0.1, 0.15) is 24.5 Å². The summed E-state index contributed by atoms with van der Waals surface area (Å²) in [6.07, 6.45) is 4.92. The predicted molar refractivity (Wildman–Crippen MR) is 123 cm³/mol. The van der Waals surface area contributed by atoms with Crippen molar-refractivity contribution in [1.82, 2.24) is 0 Å². The topological polar surface area (TPSA) is 0 Å². The van der Waals surface area contributed by atoms with Crippen LogP contribution >= 0.6 is 0 Å². The summed E-state index contributed by atoms with van der Waals surface area (Å²) >= 11 is 0. The molecular weight excluding hydrogens is 355 g/mol. The van der Waals surface area contributed by atoms with E-state index in [1.165, 1.54) is 16.5 Å². The van der Waals surface area contributed by atoms with Gasteiger partial charge in [0.2, 0.25) is 0 Å². The lowest BCUT2D eigenvalue weighted by Gasteiger charge is -2.09. The number of allylic oxidation sites excluding steroid dienone is 1. The van der Waals surface area contributed by atoms with E-state index in [0.29, 0.717) is 5.56 Å².